The molecule has 5 rings (SSSR count). The first kappa shape index (κ1) is 29.9. The van der Waals surface area contributed by atoms with Gasteiger partial charge >= 0.3 is 0 Å². The number of carbonyl (C=O) groups excluding carboxylic acids is 1. The summed E-state index contributed by atoms with van der Waals surface area (Å²) in [5.41, 5.74) is 1.56. The van der Waals surface area contributed by atoms with Crippen LogP contribution in [0.5, 0.6) is 0 Å². The summed E-state index contributed by atoms with van der Waals surface area (Å²) in [6.07, 6.45) is 3.12. The highest BCUT2D eigenvalue weighted by atomic mass is 32.2. The van der Waals surface area contributed by atoms with Crippen molar-refractivity contribution >= 4 is 36.7 Å². The van der Waals surface area contributed by atoms with E-state index in [-0.39, 0.29) is 45.1 Å². The van der Waals surface area contributed by atoms with Crippen molar-refractivity contribution in [2.75, 3.05) is 6.26 Å². The highest BCUT2D eigenvalue weighted by Gasteiger charge is 2.29. The molecule has 0 fully saturated rings. The summed E-state index contributed by atoms with van der Waals surface area (Å²) in [5, 5.41) is 0.519. The molecule has 2 N–H and O–H groups in total. The average molecular weight is 622 g/mol. The fourth-order valence-corrected chi connectivity index (χ4v) is 6.85. The van der Waals surface area contributed by atoms with Gasteiger partial charge in [-0.15, -0.1) is 0 Å². The molecule has 1 amide bonds. The van der Waals surface area contributed by atoms with Crippen LogP contribution in [0.25, 0.3) is 22.0 Å². The molecule has 0 saturated heterocycles. The number of hydrogen-bond acceptors (Lipinski definition) is 6. The third-order valence-electron chi connectivity index (χ3n) is 6.99. The van der Waals surface area contributed by atoms with E-state index < -0.39 is 37.1 Å². The number of halogens is 1. The Hall–Kier alpha value is -4.55. The number of amides is 1. The monoisotopic (exact) mass is 621 g/mol. The second-order valence-corrected chi connectivity index (χ2v) is 14.0. The number of benzene rings is 3. The van der Waals surface area contributed by atoms with Crippen molar-refractivity contribution in [1.29, 1.82) is 0 Å². The molecule has 43 heavy (non-hydrogen) atoms. The minimum absolute atomic E-state index is 0.130. The van der Waals surface area contributed by atoms with E-state index in [1.54, 1.807) is 24.3 Å². The lowest BCUT2D eigenvalue weighted by Crippen LogP contribution is -2.33. The van der Waals surface area contributed by atoms with Gasteiger partial charge in [-0.3, -0.25) is 9.59 Å². The Balaban J connectivity index is 1.73. The molecule has 5 aromatic rings. The number of aromatic nitrogens is 2. The molecule has 2 heterocycles. The smallest absolute Gasteiger partial charge is 0.282 e. The Morgan fingerprint density at radius 3 is 2.40 bits per heavy atom. The van der Waals surface area contributed by atoms with Gasteiger partial charge in [0.2, 0.25) is 0 Å². The summed E-state index contributed by atoms with van der Waals surface area (Å²) in [6.45, 7) is 1.82. The van der Waals surface area contributed by atoms with Crippen LogP contribution in [0, 0.1) is 5.82 Å². The number of aryl methyl sites for hydroxylation is 1. The van der Waals surface area contributed by atoms with Gasteiger partial charge in [0.05, 0.1) is 17.2 Å². The van der Waals surface area contributed by atoms with Crippen LogP contribution in [0.1, 0.15) is 34.1 Å². The highest BCUT2D eigenvalue weighted by molar-refractivity contribution is 7.90. The SMILES string of the molecule is CCc1ccc2c(c1)c(-c1ccc[nH]c1=O)c(C(=O)NS(=O)(=O)c1cccc(CS(C)(=O)=O)c1)n2Cc1ccccc1F. The van der Waals surface area contributed by atoms with Crippen molar-refractivity contribution in [1.82, 2.24) is 14.3 Å². The Kier molecular flexibility index (Phi) is 8.08. The van der Waals surface area contributed by atoms with Crippen LogP contribution in [-0.4, -0.2) is 38.5 Å². The van der Waals surface area contributed by atoms with E-state index >= 15 is 0 Å². The lowest BCUT2D eigenvalue weighted by Gasteiger charge is -2.14. The second-order valence-electron chi connectivity index (χ2n) is 10.2. The molecule has 0 atom stereocenters. The molecule has 0 spiro atoms. The zero-order chi connectivity index (χ0) is 30.9. The molecule has 0 saturated carbocycles. The number of H-pyrrole nitrogens is 1. The van der Waals surface area contributed by atoms with Crippen LogP contribution in [0.4, 0.5) is 4.39 Å². The molecular weight excluding hydrogens is 593 g/mol. The number of sulfone groups is 1. The first-order valence-electron chi connectivity index (χ1n) is 13.3. The normalized spacial score (nSPS) is 12.0. The number of rotatable bonds is 9. The molecule has 0 radical (unpaired) electrons. The van der Waals surface area contributed by atoms with Gasteiger partial charge in [0.15, 0.2) is 9.84 Å². The number of sulfonamides is 1. The maximum atomic E-state index is 14.9. The van der Waals surface area contributed by atoms with Crippen LogP contribution in [0.3, 0.4) is 0 Å². The molecule has 12 heteroatoms. The first-order valence-corrected chi connectivity index (χ1v) is 16.8. The summed E-state index contributed by atoms with van der Waals surface area (Å²) in [4.78, 5) is 29.4. The molecular formula is C31H28FN3O6S2. The van der Waals surface area contributed by atoms with Gasteiger partial charge in [0.25, 0.3) is 21.5 Å². The van der Waals surface area contributed by atoms with E-state index in [1.165, 1.54) is 53.2 Å². The zero-order valence-electron chi connectivity index (χ0n) is 23.3. The van der Waals surface area contributed by atoms with E-state index in [0.717, 1.165) is 11.8 Å². The molecule has 222 valence electrons. The molecule has 9 nitrogen and oxygen atoms in total. The minimum atomic E-state index is -4.51. The van der Waals surface area contributed by atoms with Crippen LogP contribution < -0.4 is 10.3 Å². The Morgan fingerprint density at radius 1 is 0.930 bits per heavy atom. The molecule has 3 aromatic carbocycles. The molecule has 0 aliphatic carbocycles. The fourth-order valence-electron chi connectivity index (χ4n) is 5.04. The van der Waals surface area contributed by atoms with Crippen molar-refractivity contribution in [3.63, 3.8) is 0 Å². The number of aromatic amines is 1. The molecule has 0 bridgehead atoms. The van der Waals surface area contributed by atoms with Gasteiger partial charge in [-0.05, 0) is 60.0 Å². The number of hydrogen-bond donors (Lipinski definition) is 2. The quantitative estimate of drug-likeness (QED) is 0.250. The number of nitrogens with zero attached hydrogens (tertiary/aromatic N) is 1. The Morgan fingerprint density at radius 2 is 1.70 bits per heavy atom. The molecule has 0 aliphatic rings. The summed E-state index contributed by atoms with van der Waals surface area (Å²) in [5.74, 6) is -1.95. The van der Waals surface area contributed by atoms with E-state index in [0.29, 0.717) is 17.3 Å². The van der Waals surface area contributed by atoms with E-state index in [9.17, 15) is 30.8 Å². The predicted octanol–water partition coefficient (Wildman–Crippen LogP) is 4.41. The highest BCUT2D eigenvalue weighted by Crippen LogP contribution is 2.35. The average Bonchev–Trinajstić information content (AvgIpc) is 3.26. The Labute approximate surface area is 248 Å². The zero-order valence-corrected chi connectivity index (χ0v) is 24.9. The van der Waals surface area contributed by atoms with Gasteiger partial charge in [-0.1, -0.05) is 43.3 Å². The molecule has 2 aromatic heterocycles. The third kappa shape index (κ3) is 6.30. The van der Waals surface area contributed by atoms with E-state index in [2.05, 4.69) is 9.71 Å². The third-order valence-corrected chi connectivity index (χ3v) is 9.18. The van der Waals surface area contributed by atoms with Crippen LogP contribution >= 0.6 is 0 Å². The van der Waals surface area contributed by atoms with Gasteiger partial charge in [-0.2, -0.15) is 0 Å². The number of carbonyl (C=O) groups is 1. The standard InChI is InChI=1S/C31H28FN3O6S2/c1-3-20-13-14-27-25(17-20)28(24-11-7-15-33-30(24)36)29(35(27)18-22-9-4-5-12-26(22)32)31(37)34-43(40,41)23-10-6-8-21(16-23)19-42(2,38)39/h4-17H,3,18-19H2,1-2H3,(H,33,36)(H,34,37). The first-order chi connectivity index (χ1) is 20.4. The summed E-state index contributed by atoms with van der Waals surface area (Å²) in [6, 6.07) is 19.9. The maximum absolute atomic E-state index is 14.9. The van der Waals surface area contributed by atoms with Crippen molar-refractivity contribution in [2.24, 2.45) is 0 Å². The van der Waals surface area contributed by atoms with Crippen molar-refractivity contribution in [3.05, 3.63) is 124 Å². The predicted molar refractivity (Wildman–Crippen MR) is 163 cm³/mol. The lowest BCUT2D eigenvalue weighted by molar-refractivity contribution is 0.0974. The summed E-state index contributed by atoms with van der Waals surface area (Å²) in [7, 11) is -7.96. The second kappa shape index (κ2) is 11.6. The summed E-state index contributed by atoms with van der Waals surface area (Å²) >= 11 is 0. The molecule has 0 aliphatic heterocycles. The van der Waals surface area contributed by atoms with Crippen molar-refractivity contribution < 1.29 is 26.0 Å². The lowest BCUT2D eigenvalue weighted by atomic mass is 10.0. The van der Waals surface area contributed by atoms with Crippen LogP contribution in [-0.2, 0) is 38.6 Å². The minimum Gasteiger partial charge on any atom is -0.331 e. The summed E-state index contributed by atoms with van der Waals surface area (Å²) < 4.78 is 69.0. The number of nitrogens with one attached hydrogen (secondary N) is 2. The maximum Gasteiger partial charge on any atom is 0.282 e. The van der Waals surface area contributed by atoms with Crippen molar-refractivity contribution in [3.8, 4) is 11.1 Å². The molecule has 0 unspecified atom stereocenters. The topological polar surface area (TPSA) is 135 Å². The van der Waals surface area contributed by atoms with E-state index in [1.807, 2.05) is 19.1 Å². The van der Waals surface area contributed by atoms with Crippen LogP contribution in [0.2, 0.25) is 0 Å². The largest absolute Gasteiger partial charge is 0.331 e. The number of fused-ring (bicyclic) bond motifs is 1. The van der Waals surface area contributed by atoms with Crippen LogP contribution in [0.15, 0.2) is 94.7 Å². The van der Waals surface area contributed by atoms with Gasteiger partial charge in [-0.25, -0.2) is 25.9 Å². The van der Waals surface area contributed by atoms with Gasteiger partial charge in [0, 0.05) is 40.0 Å². The van der Waals surface area contributed by atoms with E-state index in [4.69, 9.17) is 0 Å². The van der Waals surface area contributed by atoms with Gasteiger partial charge < -0.3 is 9.55 Å². The van der Waals surface area contributed by atoms with Crippen molar-refractivity contribution in [2.45, 2.75) is 30.5 Å². The van der Waals surface area contributed by atoms with Gasteiger partial charge in [0.1, 0.15) is 11.5 Å². The Bertz CT molecular complexity index is 2150. The fraction of sp³-hybridized carbons (Fsp3) is 0.161. The number of pyridine rings is 1.